The number of para-hydroxylation sites is 3. The molecule has 3 aliphatic rings. The molecule has 0 amide bonds. The van der Waals surface area contributed by atoms with E-state index in [-0.39, 0.29) is 12.6 Å². The molecule has 1 atom stereocenters. The van der Waals surface area contributed by atoms with Gasteiger partial charge < -0.3 is 4.57 Å². The summed E-state index contributed by atoms with van der Waals surface area (Å²) < 4.78 is 7.54. The van der Waals surface area contributed by atoms with Gasteiger partial charge in [-0.15, -0.1) is 0 Å². The Morgan fingerprint density at radius 3 is 2.07 bits per heavy atom. The Labute approximate surface area is 332 Å². The first-order valence-corrected chi connectivity index (χ1v) is 19.9. The van der Waals surface area contributed by atoms with Crippen LogP contribution in [0.25, 0.3) is 83.6 Å². The quantitative estimate of drug-likeness (QED) is 0.171. The standard InChI is InChI=1S/C50H30BN7/c1-3-12-29(13-4-1)35-26-30-14-9-22-52-44(30)41-33-17-7-19-36-46(33)57(48(35)41)39-27-31(49-54-24-11-25-55-49)28-40-43(39)51(36)37-20-8-18-34-42-45-38(21-10-23-53-45)56(32-15-5-2-6-16-32)50(42)58(40)47(34)37/h1-25,27-28,35H,26H2. The smallest absolute Gasteiger partial charge is 0.252 e. The first-order chi connectivity index (χ1) is 28.8. The lowest BCUT2D eigenvalue weighted by Gasteiger charge is -2.35. The summed E-state index contributed by atoms with van der Waals surface area (Å²) in [6.45, 7) is -0.0127. The molecule has 0 saturated heterocycles. The lowest BCUT2D eigenvalue weighted by Crippen LogP contribution is -2.59. The molecule has 8 heterocycles. The molecule has 8 heteroatoms. The van der Waals surface area contributed by atoms with Crippen molar-refractivity contribution in [1.29, 1.82) is 0 Å². The molecular weight excluding hydrogens is 709 g/mol. The minimum atomic E-state index is -0.0127. The predicted octanol–water partition coefficient (Wildman–Crippen LogP) is 8.42. The SMILES string of the molecule is c1ccc(C2Cc3cccnc3-c3c2n2c4c(cccc34)B3c4c-2cc(-c2ncccn2)cc4-n2c4c3cccc4c3c4ncccc4n(-c4ccccc4)c32)cc1. The van der Waals surface area contributed by atoms with Crippen LogP contribution in [0.5, 0.6) is 0 Å². The van der Waals surface area contributed by atoms with Crippen molar-refractivity contribution in [2.24, 2.45) is 0 Å². The molecule has 0 fully saturated rings. The lowest BCUT2D eigenvalue weighted by atomic mass is 9.34. The van der Waals surface area contributed by atoms with Gasteiger partial charge >= 0.3 is 0 Å². The molecule has 0 bridgehead atoms. The second-order valence-corrected chi connectivity index (χ2v) is 15.8. The third kappa shape index (κ3) is 3.75. The highest BCUT2D eigenvalue weighted by atomic mass is 15.2. The fourth-order valence-electron chi connectivity index (χ4n) is 10.9. The molecule has 11 aromatic rings. The highest BCUT2D eigenvalue weighted by Crippen LogP contribution is 2.50. The molecule has 6 aromatic heterocycles. The van der Waals surface area contributed by atoms with Crippen molar-refractivity contribution in [3.05, 3.63) is 181 Å². The number of hydrogen-bond donors (Lipinski definition) is 0. The number of fused-ring (bicyclic) bond motifs is 14. The van der Waals surface area contributed by atoms with E-state index >= 15 is 0 Å². The predicted molar refractivity (Wildman–Crippen MR) is 233 cm³/mol. The van der Waals surface area contributed by atoms with Gasteiger partial charge in [-0.25, -0.2) is 9.97 Å². The average Bonchev–Trinajstić information content (AvgIpc) is 3.94. The van der Waals surface area contributed by atoms with Gasteiger partial charge in [-0.1, -0.05) is 91.0 Å². The number of benzene rings is 5. The van der Waals surface area contributed by atoms with Gasteiger partial charge in [0.2, 0.25) is 0 Å². The van der Waals surface area contributed by atoms with Gasteiger partial charge in [-0.3, -0.25) is 19.1 Å². The Kier molecular flexibility index (Phi) is 5.83. The molecule has 7 nitrogen and oxygen atoms in total. The second-order valence-electron chi connectivity index (χ2n) is 15.8. The van der Waals surface area contributed by atoms with Crippen LogP contribution < -0.4 is 16.4 Å². The zero-order chi connectivity index (χ0) is 37.6. The summed E-state index contributed by atoms with van der Waals surface area (Å²) >= 11 is 0. The van der Waals surface area contributed by atoms with Crippen LogP contribution in [0, 0.1) is 0 Å². The molecule has 2 aliphatic heterocycles. The molecule has 1 unspecified atom stereocenters. The largest absolute Gasteiger partial charge is 0.313 e. The Morgan fingerprint density at radius 2 is 1.26 bits per heavy atom. The van der Waals surface area contributed by atoms with Crippen LogP contribution >= 0.6 is 0 Å². The molecular formula is C50H30BN7. The van der Waals surface area contributed by atoms with Crippen molar-refractivity contribution in [1.82, 2.24) is 33.6 Å². The molecule has 5 aromatic carbocycles. The molecule has 14 rings (SSSR count). The summed E-state index contributed by atoms with van der Waals surface area (Å²) in [5, 5.41) is 3.60. The van der Waals surface area contributed by atoms with Crippen LogP contribution in [-0.4, -0.2) is 40.3 Å². The summed E-state index contributed by atoms with van der Waals surface area (Å²) in [4.78, 5) is 19.9. The van der Waals surface area contributed by atoms with Crippen molar-refractivity contribution in [2.45, 2.75) is 12.3 Å². The van der Waals surface area contributed by atoms with Crippen molar-refractivity contribution < 1.29 is 0 Å². The van der Waals surface area contributed by atoms with Gasteiger partial charge in [-0.05, 0) is 82.5 Å². The number of hydrogen-bond acceptors (Lipinski definition) is 4. The zero-order valence-corrected chi connectivity index (χ0v) is 31.1. The molecule has 58 heavy (non-hydrogen) atoms. The van der Waals surface area contributed by atoms with Crippen LogP contribution in [0.1, 0.15) is 22.7 Å². The lowest BCUT2D eigenvalue weighted by molar-refractivity contribution is 0.742. The molecule has 268 valence electrons. The maximum Gasteiger partial charge on any atom is 0.252 e. The van der Waals surface area contributed by atoms with Crippen LogP contribution in [0.3, 0.4) is 0 Å². The fourth-order valence-corrected chi connectivity index (χ4v) is 10.9. The van der Waals surface area contributed by atoms with E-state index in [1.807, 2.05) is 36.9 Å². The highest BCUT2D eigenvalue weighted by molar-refractivity contribution is 7.00. The van der Waals surface area contributed by atoms with E-state index in [0.29, 0.717) is 5.82 Å². The maximum atomic E-state index is 5.13. The summed E-state index contributed by atoms with van der Waals surface area (Å²) in [6.07, 6.45) is 8.42. The van der Waals surface area contributed by atoms with E-state index < -0.39 is 0 Å². The van der Waals surface area contributed by atoms with Crippen LogP contribution in [0.2, 0.25) is 0 Å². The average molecular weight is 740 g/mol. The molecule has 0 spiro atoms. The first-order valence-electron chi connectivity index (χ1n) is 19.9. The fraction of sp³-hybridized carbons (Fsp3) is 0.0400. The van der Waals surface area contributed by atoms with Crippen molar-refractivity contribution >= 4 is 67.0 Å². The van der Waals surface area contributed by atoms with Crippen LogP contribution in [-0.2, 0) is 6.42 Å². The summed E-state index contributed by atoms with van der Waals surface area (Å²) in [5.41, 5.74) is 20.1. The summed E-state index contributed by atoms with van der Waals surface area (Å²) in [7, 11) is 0. The summed E-state index contributed by atoms with van der Waals surface area (Å²) in [6, 6.07) is 50.7. The Bertz CT molecular complexity index is 3550. The van der Waals surface area contributed by atoms with E-state index in [0.717, 1.165) is 51.1 Å². The Morgan fingerprint density at radius 1 is 0.569 bits per heavy atom. The van der Waals surface area contributed by atoms with E-state index in [4.69, 9.17) is 19.9 Å². The topological polar surface area (TPSA) is 66.3 Å². The van der Waals surface area contributed by atoms with Gasteiger partial charge in [-0.2, -0.15) is 0 Å². The van der Waals surface area contributed by atoms with Crippen LogP contribution in [0.4, 0.5) is 0 Å². The minimum Gasteiger partial charge on any atom is -0.313 e. The molecule has 0 N–H and O–H groups in total. The number of pyridine rings is 2. The first kappa shape index (κ1) is 30.6. The molecule has 0 radical (unpaired) electrons. The molecule has 1 aliphatic carbocycles. The van der Waals surface area contributed by atoms with E-state index in [9.17, 15) is 0 Å². The zero-order valence-electron chi connectivity index (χ0n) is 31.1. The van der Waals surface area contributed by atoms with E-state index in [1.54, 1.807) is 0 Å². The second kappa shape index (κ2) is 11.0. The van der Waals surface area contributed by atoms with Gasteiger partial charge in [0, 0.05) is 80.9 Å². The number of rotatable bonds is 3. The van der Waals surface area contributed by atoms with Crippen molar-refractivity contribution in [2.75, 3.05) is 0 Å². The van der Waals surface area contributed by atoms with Crippen LogP contribution in [0.15, 0.2) is 164 Å². The summed E-state index contributed by atoms with van der Waals surface area (Å²) in [5.74, 6) is 0.814. The Balaban J connectivity index is 1.21. The normalized spacial score (nSPS) is 14.6. The third-order valence-electron chi connectivity index (χ3n) is 13.0. The van der Waals surface area contributed by atoms with E-state index in [1.165, 1.54) is 66.3 Å². The minimum absolute atomic E-state index is 0.0127. The van der Waals surface area contributed by atoms with Gasteiger partial charge in [0.25, 0.3) is 6.71 Å². The van der Waals surface area contributed by atoms with Gasteiger partial charge in [0.05, 0.1) is 27.6 Å². The monoisotopic (exact) mass is 739 g/mol. The highest BCUT2D eigenvalue weighted by Gasteiger charge is 2.44. The van der Waals surface area contributed by atoms with E-state index in [2.05, 4.69) is 141 Å². The van der Waals surface area contributed by atoms with Crippen molar-refractivity contribution in [3.8, 4) is 39.7 Å². The molecule has 0 saturated carbocycles. The maximum absolute atomic E-state index is 5.13. The van der Waals surface area contributed by atoms with Gasteiger partial charge in [0.15, 0.2) is 5.82 Å². The number of aromatic nitrogens is 7. The third-order valence-corrected chi connectivity index (χ3v) is 13.0. The Hall–Kier alpha value is -7.58. The van der Waals surface area contributed by atoms with Gasteiger partial charge in [0.1, 0.15) is 5.65 Å². The van der Waals surface area contributed by atoms with Crippen molar-refractivity contribution in [3.63, 3.8) is 0 Å². The number of nitrogens with zero attached hydrogens (tertiary/aromatic N) is 7.